The van der Waals surface area contributed by atoms with Crippen LogP contribution in [0.1, 0.15) is 12.6 Å². The van der Waals surface area contributed by atoms with Gasteiger partial charge in [-0.3, -0.25) is 9.47 Å². The average Bonchev–Trinajstić information content (AvgIpc) is 3.57. The first kappa shape index (κ1) is 31.1. The number of benzene rings is 7. The van der Waals surface area contributed by atoms with Crippen LogP contribution in [-0.4, -0.2) is 14.5 Å². The third-order valence-corrected chi connectivity index (χ3v) is 10.7. The van der Waals surface area contributed by atoms with Gasteiger partial charge in [0.2, 0.25) is 5.95 Å². The number of aromatic nitrogens is 3. The molecule has 0 saturated carbocycles. The Morgan fingerprint density at radius 1 is 0.600 bits per heavy atom. The number of anilines is 3. The molecule has 11 rings (SSSR count). The molecule has 260 valence electrons. The molecule has 2 aromatic heterocycles. The number of allylic oxidation sites excluding steroid dienone is 5. The van der Waals surface area contributed by atoms with Crippen molar-refractivity contribution in [2.75, 3.05) is 4.90 Å². The molecule has 9 aromatic rings. The van der Waals surface area contributed by atoms with E-state index in [0.717, 1.165) is 106 Å². The van der Waals surface area contributed by atoms with Crippen LogP contribution in [0.4, 0.5) is 17.1 Å². The van der Waals surface area contributed by atoms with Crippen LogP contribution in [0, 0.1) is 0 Å². The predicted octanol–water partition coefficient (Wildman–Crippen LogP) is 13.4. The molecule has 0 aliphatic carbocycles. The van der Waals surface area contributed by atoms with Crippen LogP contribution in [0.2, 0.25) is 0 Å². The summed E-state index contributed by atoms with van der Waals surface area (Å²) in [7, 11) is 0. The molecule has 0 radical (unpaired) electrons. The molecule has 0 bridgehead atoms. The van der Waals surface area contributed by atoms with Gasteiger partial charge < -0.3 is 9.47 Å². The number of ether oxygens (including phenoxy) is 2. The second kappa shape index (κ2) is 12.0. The molecule has 2 aliphatic heterocycles. The molecular weight excluding hydrogens is 677 g/mol. The minimum Gasteiger partial charge on any atom is -0.453 e. The van der Waals surface area contributed by atoms with Gasteiger partial charge in [0.25, 0.3) is 0 Å². The quantitative estimate of drug-likeness (QED) is 0.132. The molecule has 0 fully saturated rings. The highest BCUT2D eigenvalue weighted by molar-refractivity contribution is 6.12. The SMILES string of the molecule is C=C/C(=C\C=C/C)c1nc(-n2c3ccccc3c3cc(-c4cc5c6c(c4)Oc4ccccc4N6c4ccccc4O5)ccc32)nc2c1ccc1ccccc12. The van der Waals surface area contributed by atoms with Gasteiger partial charge in [0.1, 0.15) is 5.69 Å². The zero-order valence-electron chi connectivity index (χ0n) is 29.9. The van der Waals surface area contributed by atoms with Gasteiger partial charge in [-0.15, -0.1) is 0 Å². The number of nitrogens with zero attached hydrogens (tertiary/aromatic N) is 4. The number of hydrogen-bond acceptors (Lipinski definition) is 5. The van der Waals surface area contributed by atoms with Crippen molar-refractivity contribution in [3.63, 3.8) is 0 Å². The van der Waals surface area contributed by atoms with Crippen molar-refractivity contribution in [1.29, 1.82) is 0 Å². The smallest absolute Gasteiger partial charge is 0.235 e. The van der Waals surface area contributed by atoms with Gasteiger partial charge in [0.15, 0.2) is 23.0 Å². The zero-order chi connectivity index (χ0) is 36.6. The van der Waals surface area contributed by atoms with E-state index in [2.05, 4.69) is 125 Å². The van der Waals surface area contributed by atoms with Gasteiger partial charge in [-0.05, 0) is 84.1 Å². The first-order valence-electron chi connectivity index (χ1n) is 18.4. The Morgan fingerprint density at radius 2 is 1.27 bits per heavy atom. The Labute approximate surface area is 317 Å². The van der Waals surface area contributed by atoms with Gasteiger partial charge in [-0.1, -0.05) is 110 Å². The topological polar surface area (TPSA) is 52.4 Å². The van der Waals surface area contributed by atoms with Crippen LogP contribution in [0.5, 0.6) is 23.0 Å². The summed E-state index contributed by atoms with van der Waals surface area (Å²) in [5.41, 5.74) is 9.59. The second-order valence-electron chi connectivity index (χ2n) is 13.8. The summed E-state index contributed by atoms with van der Waals surface area (Å²) in [6.07, 6.45) is 7.96. The summed E-state index contributed by atoms with van der Waals surface area (Å²) in [5.74, 6) is 3.70. The molecule has 0 amide bonds. The predicted molar refractivity (Wildman–Crippen MR) is 225 cm³/mol. The summed E-state index contributed by atoms with van der Waals surface area (Å²) in [5, 5.41) is 5.38. The Balaban J connectivity index is 1.13. The van der Waals surface area contributed by atoms with E-state index in [1.807, 2.05) is 61.5 Å². The van der Waals surface area contributed by atoms with Crippen molar-refractivity contribution in [3.05, 3.63) is 176 Å². The van der Waals surface area contributed by atoms with E-state index in [1.165, 1.54) is 0 Å². The normalized spacial score (nSPS) is 13.2. The third kappa shape index (κ3) is 4.68. The fraction of sp³-hybridized carbons (Fsp3) is 0.0204. The molecule has 2 aliphatic rings. The molecule has 55 heavy (non-hydrogen) atoms. The van der Waals surface area contributed by atoms with Crippen LogP contribution >= 0.6 is 0 Å². The maximum absolute atomic E-state index is 6.59. The number of hydrogen-bond donors (Lipinski definition) is 0. The van der Waals surface area contributed by atoms with Gasteiger partial charge >= 0.3 is 0 Å². The van der Waals surface area contributed by atoms with Crippen molar-refractivity contribution in [3.8, 4) is 40.1 Å². The largest absolute Gasteiger partial charge is 0.453 e. The van der Waals surface area contributed by atoms with Crippen LogP contribution < -0.4 is 14.4 Å². The highest BCUT2D eigenvalue weighted by Gasteiger charge is 2.35. The van der Waals surface area contributed by atoms with E-state index in [4.69, 9.17) is 19.4 Å². The van der Waals surface area contributed by atoms with E-state index in [-0.39, 0.29) is 0 Å². The lowest BCUT2D eigenvalue weighted by molar-refractivity contribution is 0.446. The standard InChI is InChI=1S/C49H32N4O2/c1-3-5-14-30(4-2)46-36-25-23-31-15-6-7-16-34(31)47(36)51-49(50-46)53-38-18-9-8-17-35(38)37-27-32(24-26-39(37)53)33-28-44-48-45(29-33)55-43-22-13-11-20-41(43)52(48)40-19-10-12-21-42(40)54-44/h3-29H,2H2,1H3/b5-3-,30-14+. The Kier molecular flexibility index (Phi) is 6.82. The van der Waals surface area contributed by atoms with Crippen molar-refractivity contribution >= 4 is 66.1 Å². The summed E-state index contributed by atoms with van der Waals surface area (Å²) < 4.78 is 15.4. The Morgan fingerprint density at radius 3 is 2.02 bits per heavy atom. The van der Waals surface area contributed by atoms with Crippen molar-refractivity contribution < 1.29 is 9.47 Å². The summed E-state index contributed by atoms with van der Waals surface area (Å²) in [6, 6.07) is 48.3. The lowest BCUT2D eigenvalue weighted by atomic mass is 9.99. The minimum absolute atomic E-state index is 0.600. The van der Waals surface area contributed by atoms with Gasteiger partial charge in [0.05, 0.1) is 33.6 Å². The number of para-hydroxylation sites is 5. The lowest BCUT2D eigenvalue weighted by Crippen LogP contribution is -2.20. The molecular formula is C49H32N4O2. The molecule has 0 unspecified atom stereocenters. The van der Waals surface area contributed by atoms with Gasteiger partial charge in [-0.25, -0.2) is 9.97 Å². The number of fused-ring (bicyclic) bond motifs is 10. The highest BCUT2D eigenvalue weighted by atomic mass is 16.5. The summed E-state index contributed by atoms with van der Waals surface area (Å²) in [4.78, 5) is 12.9. The maximum atomic E-state index is 6.59. The van der Waals surface area contributed by atoms with Gasteiger partial charge in [0, 0.05) is 27.1 Å². The van der Waals surface area contributed by atoms with Crippen LogP contribution in [0.25, 0.3) is 66.1 Å². The van der Waals surface area contributed by atoms with Crippen molar-refractivity contribution in [1.82, 2.24) is 14.5 Å². The fourth-order valence-electron chi connectivity index (χ4n) is 8.17. The molecule has 4 heterocycles. The van der Waals surface area contributed by atoms with Crippen LogP contribution in [0.3, 0.4) is 0 Å². The third-order valence-electron chi connectivity index (χ3n) is 10.7. The second-order valence-corrected chi connectivity index (χ2v) is 13.8. The lowest BCUT2D eigenvalue weighted by Gasteiger charge is -2.38. The van der Waals surface area contributed by atoms with Crippen LogP contribution in [-0.2, 0) is 0 Å². The molecule has 0 spiro atoms. The highest BCUT2D eigenvalue weighted by Crippen LogP contribution is 2.60. The molecule has 6 heteroatoms. The monoisotopic (exact) mass is 708 g/mol. The van der Waals surface area contributed by atoms with Crippen molar-refractivity contribution in [2.24, 2.45) is 0 Å². The molecule has 0 N–H and O–H groups in total. The molecule has 6 nitrogen and oxygen atoms in total. The summed E-state index contributed by atoms with van der Waals surface area (Å²) in [6.45, 7) is 6.18. The van der Waals surface area contributed by atoms with Crippen LogP contribution in [0.15, 0.2) is 170 Å². The molecule has 0 atom stereocenters. The van der Waals surface area contributed by atoms with E-state index in [1.54, 1.807) is 0 Å². The van der Waals surface area contributed by atoms with E-state index in [0.29, 0.717) is 5.95 Å². The van der Waals surface area contributed by atoms with E-state index >= 15 is 0 Å². The van der Waals surface area contributed by atoms with E-state index < -0.39 is 0 Å². The first-order chi connectivity index (χ1) is 27.2. The maximum Gasteiger partial charge on any atom is 0.235 e. The van der Waals surface area contributed by atoms with Crippen molar-refractivity contribution in [2.45, 2.75) is 6.92 Å². The Bertz CT molecular complexity index is 3080. The zero-order valence-corrected chi connectivity index (χ0v) is 29.9. The number of rotatable bonds is 5. The average molecular weight is 709 g/mol. The minimum atomic E-state index is 0.600. The first-order valence-corrected chi connectivity index (χ1v) is 18.4. The fourth-order valence-corrected chi connectivity index (χ4v) is 8.17. The molecule has 0 saturated heterocycles. The van der Waals surface area contributed by atoms with E-state index in [9.17, 15) is 0 Å². The van der Waals surface area contributed by atoms with Gasteiger partial charge in [-0.2, -0.15) is 0 Å². The summed E-state index contributed by atoms with van der Waals surface area (Å²) >= 11 is 0. The molecule has 7 aromatic carbocycles. The Hall–Kier alpha value is -7.44.